The average Bonchev–Trinajstić information content (AvgIpc) is 2.53. The lowest BCUT2D eigenvalue weighted by Crippen LogP contribution is -2.46. The van der Waals surface area contributed by atoms with Gasteiger partial charge in [-0.15, -0.1) is 0 Å². The molecule has 25 heavy (non-hydrogen) atoms. The Bertz CT molecular complexity index is 615. The molecule has 0 radical (unpaired) electrons. The quantitative estimate of drug-likeness (QED) is 0.833. The molecule has 0 saturated heterocycles. The Morgan fingerprint density at radius 2 is 1.80 bits per heavy atom. The molecule has 1 aliphatic rings. The van der Waals surface area contributed by atoms with Crippen LogP contribution in [-0.4, -0.2) is 42.9 Å². The van der Waals surface area contributed by atoms with Crippen LogP contribution in [0.2, 0.25) is 0 Å². The van der Waals surface area contributed by atoms with Crippen molar-refractivity contribution in [3.8, 4) is 0 Å². The van der Waals surface area contributed by atoms with E-state index in [-0.39, 0.29) is 30.9 Å². The predicted octanol–water partition coefficient (Wildman–Crippen LogP) is 2.87. The number of nitrogens with one attached hydrogen (secondary N) is 2. The summed E-state index contributed by atoms with van der Waals surface area (Å²) in [6.45, 7) is 6.65. The third-order valence-electron chi connectivity index (χ3n) is 5.16. The highest BCUT2D eigenvalue weighted by atomic mass is 16.2. The van der Waals surface area contributed by atoms with Crippen LogP contribution in [0.15, 0.2) is 18.2 Å². The minimum Gasteiger partial charge on any atom is -0.352 e. The lowest BCUT2D eigenvalue weighted by Gasteiger charge is -2.30. The number of amides is 2. The first-order valence-electron chi connectivity index (χ1n) is 9.20. The molecule has 0 spiro atoms. The van der Waals surface area contributed by atoms with Gasteiger partial charge in [-0.3, -0.25) is 14.5 Å². The van der Waals surface area contributed by atoms with E-state index in [2.05, 4.69) is 17.6 Å². The molecule has 1 aromatic carbocycles. The second kappa shape index (κ2) is 8.99. The number of hydrogen-bond donors (Lipinski definition) is 2. The fourth-order valence-electron chi connectivity index (χ4n) is 3.41. The average molecular weight is 345 g/mol. The fourth-order valence-corrected chi connectivity index (χ4v) is 3.41. The molecule has 138 valence electrons. The topological polar surface area (TPSA) is 61.4 Å². The molecule has 0 aliphatic heterocycles. The smallest absolute Gasteiger partial charge is 0.238 e. The molecule has 1 fully saturated rings. The van der Waals surface area contributed by atoms with Crippen molar-refractivity contribution in [2.75, 3.05) is 25.5 Å². The van der Waals surface area contributed by atoms with E-state index >= 15 is 0 Å². The van der Waals surface area contributed by atoms with Gasteiger partial charge in [0.1, 0.15) is 0 Å². The van der Waals surface area contributed by atoms with Crippen molar-refractivity contribution in [2.24, 2.45) is 5.92 Å². The number of aryl methyl sites for hydroxylation is 1. The summed E-state index contributed by atoms with van der Waals surface area (Å²) in [7, 11) is 1.80. The molecular weight excluding hydrogens is 314 g/mol. The summed E-state index contributed by atoms with van der Waals surface area (Å²) >= 11 is 0. The lowest BCUT2D eigenvalue weighted by molar-refractivity contribution is -0.124. The molecule has 1 aliphatic carbocycles. The zero-order valence-corrected chi connectivity index (χ0v) is 15.9. The van der Waals surface area contributed by atoms with Crippen LogP contribution >= 0.6 is 0 Å². The second-order valence-corrected chi connectivity index (χ2v) is 7.40. The zero-order valence-electron chi connectivity index (χ0n) is 15.9. The van der Waals surface area contributed by atoms with Crippen molar-refractivity contribution in [2.45, 2.75) is 52.5 Å². The first kappa shape index (κ1) is 19.4. The van der Waals surface area contributed by atoms with Gasteiger partial charge in [-0.05, 0) is 56.8 Å². The summed E-state index contributed by atoms with van der Waals surface area (Å²) in [6.07, 6.45) is 4.68. The normalized spacial score (nSPS) is 20.4. The van der Waals surface area contributed by atoms with Crippen LogP contribution in [0.25, 0.3) is 0 Å². The van der Waals surface area contributed by atoms with Crippen LogP contribution in [0.5, 0.6) is 0 Å². The maximum atomic E-state index is 12.2. The van der Waals surface area contributed by atoms with Crippen LogP contribution in [0, 0.1) is 19.8 Å². The van der Waals surface area contributed by atoms with Crippen LogP contribution in [-0.2, 0) is 9.59 Å². The van der Waals surface area contributed by atoms with E-state index in [9.17, 15) is 9.59 Å². The van der Waals surface area contributed by atoms with Gasteiger partial charge >= 0.3 is 0 Å². The van der Waals surface area contributed by atoms with Gasteiger partial charge in [0.2, 0.25) is 11.8 Å². The third kappa shape index (κ3) is 5.85. The number of carbonyl (C=O) groups is 2. The van der Waals surface area contributed by atoms with Crippen molar-refractivity contribution in [3.05, 3.63) is 29.3 Å². The molecule has 2 atom stereocenters. The SMILES string of the molecule is Cc1cccc(NC(=O)CN(C)CC(=O)NC2CCCCC2C)c1C. The monoisotopic (exact) mass is 345 g/mol. The van der Waals surface area contributed by atoms with E-state index in [4.69, 9.17) is 0 Å². The van der Waals surface area contributed by atoms with E-state index in [1.54, 1.807) is 11.9 Å². The van der Waals surface area contributed by atoms with E-state index in [0.717, 1.165) is 23.2 Å². The minimum atomic E-state index is -0.102. The van der Waals surface area contributed by atoms with Crippen molar-refractivity contribution in [1.29, 1.82) is 0 Å². The van der Waals surface area contributed by atoms with Gasteiger partial charge in [-0.25, -0.2) is 0 Å². The van der Waals surface area contributed by atoms with E-state index in [1.165, 1.54) is 19.3 Å². The summed E-state index contributed by atoms with van der Waals surface area (Å²) < 4.78 is 0. The number of benzene rings is 1. The van der Waals surface area contributed by atoms with Crippen LogP contribution in [0.3, 0.4) is 0 Å². The first-order valence-corrected chi connectivity index (χ1v) is 9.20. The van der Waals surface area contributed by atoms with E-state index < -0.39 is 0 Å². The molecule has 2 N–H and O–H groups in total. The number of anilines is 1. The number of rotatable bonds is 6. The van der Waals surface area contributed by atoms with Crippen molar-refractivity contribution >= 4 is 17.5 Å². The minimum absolute atomic E-state index is 0.000728. The predicted molar refractivity (Wildman–Crippen MR) is 102 cm³/mol. The molecule has 0 aromatic heterocycles. The van der Waals surface area contributed by atoms with Gasteiger partial charge in [0, 0.05) is 11.7 Å². The van der Waals surface area contributed by atoms with Gasteiger partial charge in [0.25, 0.3) is 0 Å². The highest BCUT2D eigenvalue weighted by Gasteiger charge is 2.23. The Balaban J connectivity index is 1.78. The zero-order chi connectivity index (χ0) is 18.4. The Morgan fingerprint density at radius 1 is 1.12 bits per heavy atom. The standard InChI is InChI=1S/C20H31N3O2/c1-14-9-7-11-18(16(14)3)22-20(25)13-23(4)12-19(24)21-17-10-6-5-8-15(17)2/h7,9,11,15,17H,5-6,8,10,12-13H2,1-4H3,(H,21,24)(H,22,25). The summed E-state index contributed by atoms with van der Waals surface area (Å²) in [5.41, 5.74) is 3.05. The molecule has 0 heterocycles. The number of hydrogen-bond acceptors (Lipinski definition) is 3. The molecule has 2 unspecified atom stereocenters. The Hall–Kier alpha value is -1.88. The van der Waals surface area contributed by atoms with E-state index in [0.29, 0.717) is 5.92 Å². The van der Waals surface area contributed by atoms with Crippen LogP contribution in [0.1, 0.15) is 43.7 Å². The van der Waals surface area contributed by atoms with Gasteiger partial charge < -0.3 is 10.6 Å². The maximum Gasteiger partial charge on any atom is 0.238 e. The maximum absolute atomic E-state index is 12.2. The molecule has 5 heteroatoms. The second-order valence-electron chi connectivity index (χ2n) is 7.40. The van der Waals surface area contributed by atoms with Gasteiger partial charge in [0.15, 0.2) is 0 Å². The van der Waals surface area contributed by atoms with Gasteiger partial charge in [-0.2, -0.15) is 0 Å². The van der Waals surface area contributed by atoms with E-state index in [1.807, 2.05) is 32.0 Å². The highest BCUT2D eigenvalue weighted by Crippen LogP contribution is 2.23. The van der Waals surface area contributed by atoms with Crippen LogP contribution < -0.4 is 10.6 Å². The first-order chi connectivity index (χ1) is 11.9. The summed E-state index contributed by atoms with van der Waals surface area (Å²) in [5.74, 6) is 0.437. The molecular formula is C20H31N3O2. The Labute approximate surface area is 151 Å². The molecule has 2 rings (SSSR count). The third-order valence-corrected chi connectivity index (χ3v) is 5.16. The molecule has 1 saturated carbocycles. The molecule has 5 nitrogen and oxygen atoms in total. The fraction of sp³-hybridized carbons (Fsp3) is 0.600. The molecule has 2 amide bonds. The number of nitrogens with zero attached hydrogens (tertiary/aromatic N) is 1. The van der Waals surface area contributed by atoms with Gasteiger partial charge in [0.05, 0.1) is 13.1 Å². The van der Waals surface area contributed by atoms with Crippen molar-refractivity contribution < 1.29 is 9.59 Å². The Kier molecular flexibility index (Phi) is 7.00. The van der Waals surface area contributed by atoms with Crippen molar-refractivity contribution in [3.63, 3.8) is 0 Å². The Morgan fingerprint density at radius 3 is 2.52 bits per heavy atom. The van der Waals surface area contributed by atoms with Crippen LogP contribution in [0.4, 0.5) is 5.69 Å². The molecule has 0 bridgehead atoms. The summed E-state index contributed by atoms with van der Waals surface area (Å²) in [4.78, 5) is 26.2. The summed E-state index contributed by atoms with van der Waals surface area (Å²) in [5, 5.41) is 6.06. The summed E-state index contributed by atoms with van der Waals surface area (Å²) in [6, 6.07) is 6.13. The number of carbonyl (C=O) groups excluding carboxylic acids is 2. The number of likely N-dealkylation sites (N-methyl/N-ethyl adjacent to an activating group) is 1. The lowest BCUT2D eigenvalue weighted by atomic mass is 9.86. The van der Waals surface area contributed by atoms with Crippen molar-refractivity contribution in [1.82, 2.24) is 10.2 Å². The highest BCUT2D eigenvalue weighted by molar-refractivity contribution is 5.93. The van der Waals surface area contributed by atoms with Gasteiger partial charge in [-0.1, -0.05) is 31.9 Å². The largest absolute Gasteiger partial charge is 0.352 e. The molecule has 1 aromatic rings.